The Hall–Kier alpha value is -1.65. The van der Waals surface area contributed by atoms with Crippen LogP contribution >= 0.6 is 0 Å². The second-order valence-electron chi connectivity index (χ2n) is 5.35. The topological polar surface area (TPSA) is 42.4 Å². The Morgan fingerprint density at radius 3 is 2.70 bits per heavy atom. The van der Waals surface area contributed by atoms with E-state index in [0.29, 0.717) is 5.56 Å². The molecule has 0 bridgehead atoms. The zero-order valence-electron chi connectivity index (χ0n) is 11.9. The van der Waals surface area contributed by atoms with E-state index < -0.39 is 0 Å². The van der Waals surface area contributed by atoms with Crippen molar-refractivity contribution in [3.8, 4) is 0 Å². The summed E-state index contributed by atoms with van der Waals surface area (Å²) in [5.41, 5.74) is 7.88. The van der Waals surface area contributed by atoms with Crippen molar-refractivity contribution in [2.24, 2.45) is 11.7 Å². The highest BCUT2D eigenvalue weighted by molar-refractivity contribution is 5.21. The zero-order valence-corrected chi connectivity index (χ0v) is 11.9. The average Bonchev–Trinajstić information content (AvgIpc) is 2.91. The molecule has 0 fully saturated rings. The summed E-state index contributed by atoms with van der Waals surface area (Å²) in [5.74, 6) is -0.0758. The summed E-state index contributed by atoms with van der Waals surface area (Å²) >= 11 is 0. The van der Waals surface area contributed by atoms with Gasteiger partial charge in [0.25, 0.3) is 0 Å². The molecule has 1 aromatic carbocycles. The van der Waals surface area contributed by atoms with Gasteiger partial charge in [0.1, 0.15) is 5.82 Å². The van der Waals surface area contributed by atoms with Gasteiger partial charge in [-0.1, -0.05) is 25.1 Å². The molecule has 108 valence electrons. The Morgan fingerprint density at radius 1 is 1.30 bits per heavy atom. The molecule has 1 heterocycles. The number of nitrogens with zero attached hydrogens (tertiary/aromatic N) is 1. The summed E-state index contributed by atoms with van der Waals surface area (Å²) in [6.45, 7) is 3.63. The van der Waals surface area contributed by atoms with Gasteiger partial charge in [0.05, 0.1) is 12.5 Å². The molecule has 2 atom stereocenters. The molecule has 0 aliphatic heterocycles. The lowest BCUT2D eigenvalue weighted by Crippen LogP contribution is -2.31. The first-order chi connectivity index (χ1) is 9.58. The molecule has 0 aliphatic carbocycles. The maximum absolute atomic E-state index is 13.7. The van der Waals surface area contributed by atoms with Crippen LogP contribution in [-0.2, 0) is 6.54 Å². The molecule has 0 radical (unpaired) electrons. The third-order valence-corrected chi connectivity index (χ3v) is 3.51. The largest absolute Gasteiger partial charge is 0.472 e. The van der Waals surface area contributed by atoms with Gasteiger partial charge in [0.2, 0.25) is 0 Å². The van der Waals surface area contributed by atoms with Gasteiger partial charge in [0, 0.05) is 30.3 Å². The van der Waals surface area contributed by atoms with Crippen molar-refractivity contribution in [3.05, 3.63) is 59.8 Å². The van der Waals surface area contributed by atoms with Crippen molar-refractivity contribution in [1.29, 1.82) is 0 Å². The predicted molar refractivity (Wildman–Crippen MR) is 77.5 cm³/mol. The zero-order chi connectivity index (χ0) is 14.5. The van der Waals surface area contributed by atoms with Crippen LogP contribution in [0.1, 0.15) is 24.1 Å². The summed E-state index contributed by atoms with van der Waals surface area (Å²) in [6, 6.07) is 8.35. The van der Waals surface area contributed by atoms with E-state index in [1.54, 1.807) is 24.7 Å². The van der Waals surface area contributed by atoms with E-state index in [2.05, 4.69) is 4.90 Å². The van der Waals surface area contributed by atoms with Gasteiger partial charge >= 0.3 is 0 Å². The van der Waals surface area contributed by atoms with Crippen LogP contribution in [0.4, 0.5) is 4.39 Å². The van der Waals surface area contributed by atoms with Crippen molar-refractivity contribution in [2.75, 3.05) is 13.6 Å². The Labute approximate surface area is 119 Å². The van der Waals surface area contributed by atoms with Gasteiger partial charge < -0.3 is 15.1 Å². The minimum atomic E-state index is -0.303. The van der Waals surface area contributed by atoms with Gasteiger partial charge in [0.15, 0.2) is 0 Å². The molecule has 2 N–H and O–H groups in total. The molecule has 0 spiro atoms. The Bertz CT molecular complexity index is 527. The number of furan rings is 1. The van der Waals surface area contributed by atoms with E-state index in [4.69, 9.17) is 10.2 Å². The quantitative estimate of drug-likeness (QED) is 0.881. The smallest absolute Gasteiger partial charge is 0.127 e. The van der Waals surface area contributed by atoms with Gasteiger partial charge in [-0.3, -0.25) is 0 Å². The fourth-order valence-corrected chi connectivity index (χ4v) is 2.42. The lowest BCUT2D eigenvalue weighted by Gasteiger charge is -2.26. The molecule has 2 unspecified atom stereocenters. The predicted octanol–water partition coefficient (Wildman–Crippen LogP) is 3.19. The van der Waals surface area contributed by atoms with E-state index >= 15 is 0 Å². The number of hydrogen-bond donors (Lipinski definition) is 1. The summed E-state index contributed by atoms with van der Waals surface area (Å²) in [7, 11) is 2.03. The number of benzene rings is 1. The van der Waals surface area contributed by atoms with Gasteiger partial charge in [-0.15, -0.1) is 0 Å². The van der Waals surface area contributed by atoms with Crippen molar-refractivity contribution in [3.63, 3.8) is 0 Å². The van der Waals surface area contributed by atoms with Crippen LogP contribution in [0.3, 0.4) is 0 Å². The minimum Gasteiger partial charge on any atom is -0.472 e. The second kappa shape index (κ2) is 6.68. The molecule has 2 rings (SSSR count). The lowest BCUT2D eigenvalue weighted by atomic mass is 9.94. The summed E-state index contributed by atoms with van der Waals surface area (Å²) in [6.07, 6.45) is 3.40. The number of halogens is 1. The molecule has 4 heteroatoms. The van der Waals surface area contributed by atoms with E-state index in [-0.39, 0.29) is 17.8 Å². The second-order valence-corrected chi connectivity index (χ2v) is 5.35. The number of hydrogen-bond acceptors (Lipinski definition) is 3. The van der Waals surface area contributed by atoms with E-state index in [9.17, 15) is 4.39 Å². The Morgan fingerprint density at radius 2 is 2.05 bits per heavy atom. The molecule has 0 saturated carbocycles. The van der Waals surface area contributed by atoms with Crippen LogP contribution in [0.25, 0.3) is 0 Å². The summed E-state index contributed by atoms with van der Waals surface area (Å²) < 4.78 is 18.8. The molecule has 0 saturated heterocycles. The first-order valence-electron chi connectivity index (χ1n) is 6.77. The first kappa shape index (κ1) is 14.8. The first-order valence-corrected chi connectivity index (χ1v) is 6.77. The van der Waals surface area contributed by atoms with Crippen molar-refractivity contribution >= 4 is 0 Å². The molecule has 1 aromatic heterocycles. The standard InChI is InChI=1S/C16H21FN2O/c1-12(9-19(2)10-13-7-8-20-11-13)16(18)14-5-3-4-6-15(14)17/h3-8,11-12,16H,9-10,18H2,1-2H3. The van der Waals surface area contributed by atoms with Crippen molar-refractivity contribution < 1.29 is 8.81 Å². The monoisotopic (exact) mass is 276 g/mol. The average molecular weight is 276 g/mol. The van der Waals surface area contributed by atoms with Crippen LogP contribution in [0, 0.1) is 11.7 Å². The Kier molecular flexibility index (Phi) is 4.93. The van der Waals surface area contributed by atoms with Crippen LogP contribution in [-0.4, -0.2) is 18.5 Å². The van der Waals surface area contributed by atoms with Crippen molar-refractivity contribution in [2.45, 2.75) is 19.5 Å². The number of rotatable bonds is 6. The highest BCUT2D eigenvalue weighted by Crippen LogP contribution is 2.22. The van der Waals surface area contributed by atoms with E-state index in [1.807, 2.05) is 26.1 Å². The third kappa shape index (κ3) is 3.68. The van der Waals surface area contributed by atoms with Crippen molar-refractivity contribution in [1.82, 2.24) is 4.90 Å². The molecule has 0 amide bonds. The van der Waals surface area contributed by atoms with Gasteiger partial charge in [-0.25, -0.2) is 4.39 Å². The maximum atomic E-state index is 13.7. The fourth-order valence-electron chi connectivity index (χ4n) is 2.42. The van der Waals surface area contributed by atoms with Crippen LogP contribution in [0.5, 0.6) is 0 Å². The van der Waals surface area contributed by atoms with Crippen LogP contribution < -0.4 is 5.73 Å². The molecule has 2 aromatic rings. The highest BCUT2D eigenvalue weighted by Gasteiger charge is 2.19. The van der Waals surface area contributed by atoms with Crippen LogP contribution in [0.2, 0.25) is 0 Å². The molecular formula is C16H21FN2O. The summed E-state index contributed by atoms with van der Waals surface area (Å²) in [5, 5.41) is 0. The fraction of sp³-hybridized carbons (Fsp3) is 0.375. The van der Waals surface area contributed by atoms with Crippen LogP contribution in [0.15, 0.2) is 47.3 Å². The normalized spacial score (nSPS) is 14.4. The third-order valence-electron chi connectivity index (χ3n) is 3.51. The maximum Gasteiger partial charge on any atom is 0.127 e. The molecular weight excluding hydrogens is 255 g/mol. The number of nitrogens with two attached hydrogens (primary N) is 1. The van der Waals surface area contributed by atoms with E-state index in [0.717, 1.165) is 18.7 Å². The molecule has 20 heavy (non-hydrogen) atoms. The minimum absolute atomic E-state index is 0.156. The van der Waals surface area contributed by atoms with E-state index in [1.165, 1.54) is 6.07 Å². The molecule has 0 aliphatic rings. The molecule has 3 nitrogen and oxygen atoms in total. The summed E-state index contributed by atoms with van der Waals surface area (Å²) in [4.78, 5) is 2.16. The SMILES string of the molecule is CC(CN(C)Cc1ccoc1)C(N)c1ccccc1F. The van der Waals surface area contributed by atoms with Gasteiger partial charge in [-0.2, -0.15) is 0 Å². The van der Waals surface area contributed by atoms with Gasteiger partial charge in [-0.05, 0) is 25.1 Å². The lowest BCUT2D eigenvalue weighted by molar-refractivity contribution is 0.255. The Balaban J connectivity index is 1.94. The highest BCUT2D eigenvalue weighted by atomic mass is 19.1.